The molecule has 0 fully saturated rings. The molecule has 0 saturated carbocycles. The van der Waals surface area contributed by atoms with Gasteiger partial charge in [-0.3, -0.25) is 37.3 Å². The number of esters is 4. The Morgan fingerprint density at radius 2 is 0.511 bits per heavy atom. The van der Waals surface area contributed by atoms with Crippen LogP contribution in [-0.4, -0.2) is 96.7 Å². The highest BCUT2D eigenvalue weighted by molar-refractivity contribution is 7.47. The number of unbranched alkanes of at least 4 members (excludes halogenated alkanes) is 43. The van der Waals surface area contributed by atoms with Gasteiger partial charge in [0, 0.05) is 25.7 Å². The fraction of sp³-hybridized carbons (Fsp3) is 0.944. The molecule has 0 aliphatic heterocycles. The fourth-order valence-corrected chi connectivity index (χ4v) is 12.4. The van der Waals surface area contributed by atoms with E-state index in [0.29, 0.717) is 25.7 Å². The highest BCUT2D eigenvalue weighted by atomic mass is 31.2. The van der Waals surface area contributed by atoms with Crippen molar-refractivity contribution in [1.82, 2.24) is 0 Å². The van der Waals surface area contributed by atoms with Crippen LogP contribution in [0.3, 0.4) is 0 Å². The maximum atomic E-state index is 13.0. The molecule has 0 radical (unpaired) electrons. The van der Waals surface area contributed by atoms with E-state index < -0.39 is 97.5 Å². The van der Waals surface area contributed by atoms with Crippen molar-refractivity contribution in [1.29, 1.82) is 0 Å². The van der Waals surface area contributed by atoms with E-state index in [1.807, 2.05) is 0 Å². The van der Waals surface area contributed by atoms with E-state index in [2.05, 4.69) is 34.6 Å². The highest BCUT2D eigenvalue weighted by Crippen LogP contribution is 2.45. The number of carbonyl (C=O) groups excluding carboxylic acids is 4. The van der Waals surface area contributed by atoms with Crippen molar-refractivity contribution >= 4 is 39.5 Å². The van der Waals surface area contributed by atoms with E-state index in [4.69, 9.17) is 37.0 Å². The molecular formula is C71H138O17P2. The molecule has 0 heterocycles. The van der Waals surface area contributed by atoms with E-state index in [9.17, 15) is 43.2 Å². The molecule has 5 atom stereocenters. The van der Waals surface area contributed by atoms with Gasteiger partial charge in [0.2, 0.25) is 0 Å². The van der Waals surface area contributed by atoms with Crippen LogP contribution >= 0.6 is 15.6 Å². The van der Waals surface area contributed by atoms with Crippen LogP contribution in [0.25, 0.3) is 0 Å². The minimum Gasteiger partial charge on any atom is -0.462 e. The predicted octanol–water partition coefficient (Wildman–Crippen LogP) is 20.5. The number of phosphoric acid groups is 2. The van der Waals surface area contributed by atoms with Gasteiger partial charge in [-0.05, 0) is 31.6 Å². The van der Waals surface area contributed by atoms with E-state index in [1.54, 1.807) is 0 Å². The van der Waals surface area contributed by atoms with Gasteiger partial charge in [-0.25, -0.2) is 9.13 Å². The van der Waals surface area contributed by atoms with Crippen molar-refractivity contribution in [3.05, 3.63) is 0 Å². The number of aliphatic hydroxyl groups is 1. The molecule has 0 aromatic heterocycles. The molecule has 0 rings (SSSR count). The van der Waals surface area contributed by atoms with Crippen molar-refractivity contribution in [3.63, 3.8) is 0 Å². The number of hydrogen-bond donors (Lipinski definition) is 3. The third kappa shape index (κ3) is 64.8. The summed E-state index contributed by atoms with van der Waals surface area (Å²) in [6.07, 6.45) is 51.3. The molecule has 0 amide bonds. The number of ether oxygens (including phenoxy) is 4. The molecule has 90 heavy (non-hydrogen) atoms. The molecule has 0 spiro atoms. The first-order chi connectivity index (χ1) is 43.5. The van der Waals surface area contributed by atoms with Gasteiger partial charge in [-0.15, -0.1) is 0 Å². The molecule has 0 aliphatic carbocycles. The van der Waals surface area contributed by atoms with Gasteiger partial charge >= 0.3 is 39.5 Å². The monoisotopic (exact) mass is 1320 g/mol. The van der Waals surface area contributed by atoms with Gasteiger partial charge < -0.3 is 33.8 Å². The van der Waals surface area contributed by atoms with Gasteiger partial charge in [0.25, 0.3) is 0 Å². The van der Waals surface area contributed by atoms with Gasteiger partial charge in [0.1, 0.15) is 19.3 Å². The molecule has 534 valence electrons. The lowest BCUT2D eigenvalue weighted by atomic mass is 10.0. The minimum absolute atomic E-state index is 0.105. The molecule has 0 bridgehead atoms. The Morgan fingerprint density at radius 1 is 0.300 bits per heavy atom. The van der Waals surface area contributed by atoms with Gasteiger partial charge in [0.15, 0.2) is 12.2 Å². The maximum absolute atomic E-state index is 13.0. The van der Waals surface area contributed by atoms with Crippen LogP contribution in [0.1, 0.15) is 369 Å². The summed E-state index contributed by atoms with van der Waals surface area (Å²) in [5.74, 6) is -1.40. The normalized spacial score (nSPS) is 14.1. The molecule has 3 N–H and O–H groups in total. The molecule has 0 saturated heterocycles. The van der Waals surface area contributed by atoms with Crippen LogP contribution in [0.4, 0.5) is 0 Å². The Balaban J connectivity index is 5.23. The average molecular weight is 1330 g/mol. The van der Waals surface area contributed by atoms with Crippen LogP contribution in [0.2, 0.25) is 0 Å². The van der Waals surface area contributed by atoms with Crippen LogP contribution in [0.15, 0.2) is 0 Å². The van der Waals surface area contributed by atoms with Gasteiger partial charge in [-0.1, -0.05) is 317 Å². The first-order valence-electron chi connectivity index (χ1n) is 37.1. The zero-order valence-corrected chi connectivity index (χ0v) is 60.1. The topological polar surface area (TPSA) is 237 Å². The number of carbonyl (C=O) groups is 4. The molecule has 17 nitrogen and oxygen atoms in total. The molecule has 0 aromatic carbocycles. The minimum atomic E-state index is -4.95. The molecule has 19 heteroatoms. The van der Waals surface area contributed by atoms with E-state index >= 15 is 0 Å². The second kappa shape index (κ2) is 64.4. The highest BCUT2D eigenvalue weighted by Gasteiger charge is 2.30. The Bertz CT molecular complexity index is 1740. The summed E-state index contributed by atoms with van der Waals surface area (Å²) in [5, 5.41) is 10.6. The summed E-state index contributed by atoms with van der Waals surface area (Å²) in [6, 6.07) is 0. The van der Waals surface area contributed by atoms with Crippen molar-refractivity contribution < 1.29 is 80.2 Å². The lowest BCUT2D eigenvalue weighted by Crippen LogP contribution is -2.30. The van der Waals surface area contributed by atoms with E-state index in [0.717, 1.165) is 95.8 Å². The average Bonchev–Trinajstić information content (AvgIpc) is 2.91. The first kappa shape index (κ1) is 88.1. The van der Waals surface area contributed by atoms with Crippen molar-refractivity contribution in [2.24, 2.45) is 5.92 Å². The van der Waals surface area contributed by atoms with Crippen LogP contribution in [0, 0.1) is 5.92 Å². The summed E-state index contributed by atoms with van der Waals surface area (Å²) in [7, 11) is -9.90. The number of phosphoric ester groups is 2. The predicted molar refractivity (Wildman–Crippen MR) is 363 cm³/mol. The zero-order chi connectivity index (χ0) is 66.3. The number of rotatable bonds is 71. The van der Waals surface area contributed by atoms with Gasteiger partial charge in [-0.2, -0.15) is 0 Å². The largest absolute Gasteiger partial charge is 0.472 e. The Hall–Kier alpha value is -1.94. The lowest BCUT2D eigenvalue weighted by molar-refractivity contribution is -0.161. The Labute approximate surface area is 549 Å². The number of aliphatic hydroxyl groups excluding tert-OH is 1. The van der Waals surface area contributed by atoms with Gasteiger partial charge in [0.05, 0.1) is 26.4 Å². The van der Waals surface area contributed by atoms with Crippen LogP contribution in [0.5, 0.6) is 0 Å². The standard InChI is InChI=1S/C71H138O17P2/c1-6-9-12-15-18-21-24-26-27-28-29-30-32-35-41-46-51-56-70(75)87-66(60-82-69(74)55-50-45-40-34-31-25-22-19-16-13-10-7-2)62-85-89(77,78)83-58-65(72)59-84-90(79,80)86-63-67(61-81-68(73)54-49-44-39-33-23-20-17-14-11-8-3)88-71(76)57-52-47-42-37-36-38-43-48-53-64(4)5/h64-67,72H,6-63H2,1-5H3,(H,77,78)(H,79,80)/t65-,66-,67-/m1/s1. The maximum Gasteiger partial charge on any atom is 0.472 e. The van der Waals surface area contributed by atoms with Crippen molar-refractivity contribution in [2.45, 2.75) is 387 Å². The number of hydrogen-bond acceptors (Lipinski definition) is 15. The summed E-state index contributed by atoms with van der Waals surface area (Å²) < 4.78 is 68.3. The smallest absolute Gasteiger partial charge is 0.462 e. The second-order valence-electron chi connectivity index (χ2n) is 26.1. The summed E-state index contributed by atoms with van der Waals surface area (Å²) in [4.78, 5) is 72.5. The Morgan fingerprint density at radius 3 is 0.756 bits per heavy atom. The van der Waals surface area contributed by atoms with Crippen molar-refractivity contribution in [3.8, 4) is 0 Å². The van der Waals surface area contributed by atoms with E-state index in [1.165, 1.54) is 193 Å². The fourth-order valence-electron chi connectivity index (χ4n) is 10.8. The Kier molecular flexibility index (Phi) is 63.0. The SMILES string of the molecule is CCCCCCCCCCCCCCCCCCCC(=O)O[C@H](COC(=O)CCCCCCCCCCCCCC)COP(=O)(O)OC[C@@H](O)COP(=O)(O)OC[C@@H](COC(=O)CCCCCCCCCCCC)OC(=O)CCCCCCCCCCC(C)C. The summed E-state index contributed by atoms with van der Waals surface area (Å²) >= 11 is 0. The molecule has 0 aromatic rings. The quantitative estimate of drug-likeness (QED) is 0.0222. The molecule has 2 unspecified atom stereocenters. The summed E-state index contributed by atoms with van der Waals surface area (Å²) in [5.41, 5.74) is 0. The van der Waals surface area contributed by atoms with Crippen molar-refractivity contribution in [2.75, 3.05) is 39.6 Å². The zero-order valence-electron chi connectivity index (χ0n) is 58.3. The van der Waals surface area contributed by atoms with E-state index in [-0.39, 0.29) is 25.7 Å². The summed E-state index contributed by atoms with van der Waals surface area (Å²) in [6.45, 7) is 7.21. The third-order valence-electron chi connectivity index (χ3n) is 16.5. The van der Waals surface area contributed by atoms with Crippen LogP contribution < -0.4 is 0 Å². The second-order valence-corrected chi connectivity index (χ2v) is 29.0. The third-order valence-corrected chi connectivity index (χ3v) is 18.4. The first-order valence-corrected chi connectivity index (χ1v) is 40.1. The molecule has 0 aliphatic rings. The van der Waals surface area contributed by atoms with Crippen LogP contribution in [-0.2, 0) is 65.4 Å². The lowest BCUT2D eigenvalue weighted by Gasteiger charge is -2.21. The molecular weight excluding hydrogens is 1190 g/mol.